The van der Waals surface area contributed by atoms with Gasteiger partial charge in [-0.3, -0.25) is 0 Å². The van der Waals surface area contributed by atoms with Crippen molar-refractivity contribution in [2.75, 3.05) is 0 Å². The molecule has 14 aromatic rings. The van der Waals surface area contributed by atoms with Gasteiger partial charge in [0.1, 0.15) is 16.7 Å². The Morgan fingerprint density at radius 1 is 0.290 bits per heavy atom. The van der Waals surface area contributed by atoms with Crippen molar-refractivity contribution in [1.29, 1.82) is 0 Å². The molecule has 10 aromatic carbocycles. The molecule has 4 heterocycles. The molecule has 0 atom stereocenters. The average molecular weight is 883 g/mol. The van der Waals surface area contributed by atoms with Crippen LogP contribution in [0.15, 0.2) is 239 Å². The van der Waals surface area contributed by atoms with Crippen LogP contribution >= 0.6 is 0 Å². The van der Waals surface area contributed by atoms with Gasteiger partial charge in [0.25, 0.3) is 0 Å². The SMILES string of the molecule is c1ccc(-c2ccc3c(c2)c2ccccc2n3-c2ccc(-c3ccc4oc5cccc(-c6cccc(-c7nc(-c8ccccc8)nc(-c8ccccc8)n7)c6)c5c4c3)c3c2oc2ccccc23)cc1. The molecule has 0 spiro atoms. The lowest BCUT2D eigenvalue weighted by Gasteiger charge is -2.12. The van der Waals surface area contributed by atoms with Crippen LogP contribution in [-0.2, 0) is 0 Å². The highest BCUT2D eigenvalue weighted by Crippen LogP contribution is 2.45. The van der Waals surface area contributed by atoms with E-state index in [-0.39, 0.29) is 0 Å². The van der Waals surface area contributed by atoms with Gasteiger partial charge in [0.05, 0.1) is 16.7 Å². The zero-order valence-electron chi connectivity index (χ0n) is 37.0. The van der Waals surface area contributed by atoms with E-state index in [1.807, 2.05) is 66.7 Å². The Bertz CT molecular complexity index is 4250. The van der Waals surface area contributed by atoms with E-state index in [4.69, 9.17) is 23.8 Å². The first kappa shape index (κ1) is 38.8. The zero-order chi connectivity index (χ0) is 45.4. The average Bonchev–Trinajstić information content (AvgIpc) is 4.11. The molecule has 69 heavy (non-hydrogen) atoms. The molecule has 0 fully saturated rings. The second-order valence-electron chi connectivity index (χ2n) is 17.5. The number of benzene rings is 10. The minimum Gasteiger partial charge on any atom is -0.456 e. The number of hydrogen-bond acceptors (Lipinski definition) is 5. The highest BCUT2D eigenvalue weighted by Gasteiger charge is 2.23. The van der Waals surface area contributed by atoms with Crippen LogP contribution in [0.25, 0.3) is 139 Å². The van der Waals surface area contributed by atoms with Crippen LogP contribution in [0, 0.1) is 0 Å². The topological polar surface area (TPSA) is 69.9 Å². The van der Waals surface area contributed by atoms with E-state index in [9.17, 15) is 0 Å². The third-order valence-electron chi connectivity index (χ3n) is 13.5. The fourth-order valence-electron chi connectivity index (χ4n) is 10.3. The van der Waals surface area contributed by atoms with Crippen molar-refractivity contribution in [3.8, 4) is 73.2 Å². The summed E-state index contributed by atoms with van der Waals surface area (Å²) in [7, 11) is 0. The van der Waals surface area contributed by atoms with E-state index in [2.05, 4.69) is 168 Å². The summed E-state index contributed by atoms with van der Waals surface area (Å²) in [5.41, 5.74) is 15.9. The quantitative estimate of drug-likeness (QED) is 0.159. The van der Waals surface area contributed by atoms with E-state index < -0.39 is 0 Å². The molecule has 0 amide bonds. The summed E-state index contributed by atoms with van der Waals surface area (Å²) in [6, 6.07) is 80.4. The summed E-state index contributed by atoms with van der Waals surface area (Å²) in [4.78, 5) is 15.0. The molecule has 6 nitrogen and oxygen atoms in total. The number of rotatable bonds is 7. The molecule has 322 valence electrons. The first-order valence-electron chi connectivity index (χ1n) is 23.2. The minimum absolute atomic E-state index is 0.605. The second-order valence-corrected chi connectivity index (χ2v) is 17.5. The van der Waals surface area contributed by atoms with Crippen LogP contribution in [-0.4, -0.2) is 19.5 Å². The maximum Gasteiger partial charge on any atom is 0.164 e. The van der Waals surface area contributed by atoms with Crippen molar-refractivity contribution in [3.05, 3.63) is 231 Å². The molecular weight excluding hydrogens is 845 g/mol. The normalized spacial score (nSPS) is 11.8. The first-order chi connectivity index (χ1) is 34.2. The van der Waals surface area contributed by atoms with E-state index in [0.717, 1.165) is 99.5 Å². The molecule has 6 heteroatoms. The molecule has 0 aliphatic carbocycles. The fraction of sp³-hybridized carbons (Fsp3) is 0. The van der Waals surface area contributed by atoms with Crippen molar-refractivity contribution < 1.29 is 8.83 Å². The van der Waals surface area contributed by atoms with Gasteiger partial charge in [-0.15, -0.1) is 0 Å². The van der Waals surface area contributed by atoms with Gasteiger partial charge in [-0.25, -0.2) is 15.0 Å². The first-order valence-corrected chi connectivity index (χ1v) is 23.2. The van der Waals surface area contributed by atoms with Gasteiger partial charge in [0, 0.05) is 49.0 Å². The van der Waals surface area contributed by atoms with Crippen LogP contribution < -0.4 is 0 Å². The summed E-state index contributed by atoms with van der Waals surface area (Å²) in [5, 5.41) is 6.60. The molecule has 14 rings (SSSR count). The lowest BCUT2D eigenvalue weighted by Crippen LogP contribution is -2.00. The van der Waals surface area contributed by atoms with Gasteiger partial charge >= 0.3 is 0 Å². The second kappa shape index (κ2) is 15.6. The van der Waals surface area contributed by atoms with Crippen LogP contribution in [0.5, 0.6) is 0 Å². The van der Waals surface area contributed by atoms with Gasteiger partial charge in [-0.05, 0) is 88.0 Å². The lowest BCUT2D eigenvalue weighted by molar-refractivity contribution is 0.666. The Morgan fingerprint density at radius 3 is 1.59 bits per heavy atom. The molecule has 0 saturated carbocycles. The third kappa shape index (κ3) is 6.38. The summed E-state index contributed by atoms with van der Waals surface area (Å²) in [5.74, 6) is 1.86. The fourth-order valence-corrected chi connectivity index (χ4v) is 10.3. The van der Waals surface area contributed by atoms with E-state index in [0.29, 0.717) is 17.5 Å². The summed E-state index contributed by atoms with van der Waals surface area (Å²) >= 11 is 0. The lowest BCUT2D eigenvalue weighted by atomic mass is 9.94. The van der Waals surface area contributed by atoms with Crippen LogP contribution in [0.2, 0.25) is 0 Å². The van der Waals surface area contributed by atoms with Gasteiger partial charge in [-0.1, -0.05) is 176 Å². The molecule has 0 bridgehead atoms. The Hall–Kier alpha value is -9.39. The Kier molecular flexibility index (Phi) is 8.79. The predicted octanol–water partition coefficient (Wildman–Crippen LogP) is 16.8. The summed E-state index contributed by atoms with van der Waals surface area (Å²) in [6.07, 6.45) is 0. The maximum atomic E-state index is 6.94. The number of hydrogen-bond donors (Lipinski definition) is 0. The Balaban J connectivity index is 0.926. The van der Waals surface area contributed by atoms with Crippen LogP contribution in [0.4, 0.5) is 0 Å². The molecule has 0 N–H and O–H groups in total. The largest absolute Gasteiger partial charge is 0.456 e. The van der Waals surface area contributed by atoms with Gasteiger partial charge in [-0.2, -0.15) is 0 Å². The molecule has 0 unspecified atom stereocenters. The smallest absolute Gasteiger partial charge is 0.164 e. The van der Waals surface area contributed by atoms with Gasteiger partial charge < -0.3 is 13.4 Å². The van der Waals surface area contributed by atoms with Crippen molar-refractivity contribution in [3.63, 3.8) is 0 Å². The van der Waals surface area contributed by atoms with Crippen LogP contribution in [0.3, 0.4) is 0 Å². The summed E-state index contributed by atoms with van der Waals surface area (Å²) in [6.45, 7) is 0. The zero-order valence-corrected chi connectivity index (χ0v) is 37.0. The predicted molar refractivity (Wildman–Crippen MR) is 281 cm³/mol. The van der Waals surface area contributed by atoms with Crippen molar-refractivity contribution in [2.45, 2.75) is 0 Å². The van der Waals surface area contributed by atoms with E-state index >= 15 is 0 Å². The van der Waals surface area contributed by atoms with Gasteiger partial charge in [0.2, 0.25) is 0 Å². The molecule has 0 aliphatic rings. The molecule has 4 aromatic heterocycles. The van der Waals surface area contributed by atoms with Crippen LogP contribution in [0.1, 0.15) is 0 Å². The van der Waals surface area contributed by atoms with Gasteiger partial charge in [0.15, 0.2) is 23.1 Å². The number of nitrogens with zero attached hydrogens (tertiary/aromatic N) is 4. The number of fused-ring (bicyclic) bond motifs is 9. The van der Waals surface area contributed by atoms with Crippen molar-refractivity contribution in [1.82, 2.24) is 19.5 Å². The summed E-state index contributed by atoms with van der Waals surface area (Å²) < 4.78 is 15.9. The van der Waals surface area contributed by atoms with E-state index in [1.165, 1.54) is 21.9 Å². The van der Waals surface area contributed by atoms with Crippen molar-refractivity contribution >= 4 is 65.7 Å². The standard InChI is InChI=1S/C63H38N4O2/c1-4-16-39(17-5-1)42-30-33-53-50(37-42)48-24-10-12-27-52(48)67(53)54-34-32-47(59-49-25-11-13-28-55(49)69-60(54)59)44-31-35-56-51(38-44)58-46(26-15-29-57(58)68-56)43-22-14-23-45(36-43)63-65-61(40-18-6-2-7-19-40)64-62(66-63)41-20-8-3-9-21-41/h1-38H. The monoisotopic (exact) mass is 882 g/mol. The van der Waals surface area contributed by atoms with E-state index in [1.54, 1.807) is 0 Å². The highest BCUT2D eigenvalue weighted by atomic mass is 16.3. The number of aromatic nitrogens is 4. The minimum atomic E-state index is 0.605. The maximum absolute atomic E-state index is 6.94. The molecule has 0 saturated heterocycles. The third-order valence-corrected chi connectivity index (χ3v) is 13.5. The molecule has 0 aliphatic heterocycles. The van der Waals surface area contributed by atoms with Crippen molar-refractivity contribution in [2.24, 2.45) is 0 Å². The Morgan fingerprint density at radius 2 is 0.826 bits per heavy atom. The number of furan rings is 2. The Labute approximate surface area is 396 Å². The number of para-hydroxylation sites is 2. The molecular formula is C63H38N4O2. The highest BCUT2D eigenvalue weighted by molar-refractivity contribution is 6.19. The molecule has 0 radical (unpaired) electrons.